The Morgan fingerprint density at radius 3 is 2.45 bits per heavy atom. The maximum atomic E-state index is 12.5. The number of halogens is 2. The van der Waals surface area contributed by atoms with E-state index in [-0.39, 0.29) is 16.2 Å². The van der Waals surface area contributed by atoms with Crippen molar-refractivity contribution < 1.29 is 22.1 Å². The molecule has 7 nitrogen and oxygen atoms in total. The van der Waals surface area contributed by atoms with Gasteiger partial charge in [-0.2, -0.15) is 13.7 Å². The fraction of sp³-hybridized carbons (Fsp3) is 0.0435. The van der Waals surface area contributed by atoms with Crippen LogP contribution in [-0.2, 0) is 14.9 Å². The Morgan fingerprint density at radius 2 is 1.85 bits per heavy atom. The van der Waals surface area contributed by atoms with Gasteiger partial charge in [0.1, 0.15) is 22.3 Å². The number of ether oxygens (including phenoxy) is 1. The molecule has 33 heavy (non-hydrogen) atoms. The number of rotatable bonds is 7. The van der Waals surface area contributed by atoms with Gasteiger partial charge in [0, 0.05) is 10.7 Å². The third-order valence-corrected chi connectivity index (χ3v) is 6.37. The first-order valence-electron chi connectivity index (χ1n) is 9.28. The van der Waals surface area contributed by atoms with E-state index in [2.05, 4.69) is 21.2 Å². The van der Waals surface area contributed by atoms with Crippen LogP contribution in [-0.4, -0.2) is 21.4 Å². The minimum absolute atomic E-state index is 0.0383. The number of nitrogens with zero attached hydrogens (tertiary/aromatic N) is 1. The van der Waals surface area contributed by atoms with Crippen molar-refractivity contribution in [1.82, 2.24) is 0 Å². The Morgan fingerprint density at radius 1 is 1.12 bits per heavy atom. The predicted octanol–water partition coefficient (Wildman–Crippen LogP) is 5.42. The summed E-state index contributed by atoms with van der Waals surface area (Å²) in [6.07, 6.45) is 1.37. The molecule has 0 atom stereocenters. The van der Waals surface area contributed by atoms with Gasteiger partial charge in [-0.15, -0.1) is 0 Å². The molecule has 0 fully saturated rings. The van der Waals surface area contributed by atoms with E-state index in [0.717, 1.165) is 0 Å². The molecule has 0 heterocycles. The molecule has 0 unspecified atom stereocenters. The molecule has 0 aliphatic carbocycles. The molecule has 1 N–H and O–H groups in total. The van der Waals surface area contributed by atoms with E-state index in [4.69, 9.17) is 20.5 Å². The van der Waals surface area contributed by atoms with Gasteiger partial charge in [-0.25, -0.2) is 0 Å². The first-order valence-corrected chi connectivity index (χ1v) is 11.9. The van der Waals surface area contributed by atoms with Gasteiger partial charge < -0.3 is 14.2 Å². The van der Waals surface area contributed by atoms with Crippen LogP contribution < -0.4 is 14.2 Å². The lowest BCUT2D eigenvalue weighted by atomic mass is 10.1. The predicted molar refractivity (Wildman–Crippen MR) is 129 cm³/mol. The smallest absolute Gasteiger partial charge is 0.339 e. The first-order chi connectivity index (χ1) is 15.7. The van der Waals surface area contributed by atoms with Crippen LogP contribution in [0.1, 0.15) is 5.56 Å². The Labute approximate surface area is 204 Å². The van der Waals surface area contributed by atoms with Gasteiger partial charge in [0.2, 0.25) is 0 Å². The van der Waals surface area contributed by atoms with Gasteiger partial charge in [-0.05, 0) is 82.2 Å². The number of anilines is 1. The summed E-state index contributed by atoms with van der Waals surface area (Å²) in [7, 11) is -2.60. The van der Waals surface area contributed by atoms with E-state index in [1.54, 1.807) is 24.3 Å². The third kappa shape index (κ3) is 6.35. The molecular formula is C23H16BrClN2O5S. The molecule has 0 spiro atoms. The molecule has 10 heteroatoms. The van der Waals surface area contributed by atoms with Crippen LogP contribution in [0.25, 0.3) is 6.08 Å². The second-order valence-corrected chi connectivity index (χ2v) is 9.37. The van der Waals surface area contributed by atoms with Crippen molar-refractivity contribution in [2.45, 2.75) is 4.90 Å². The Bertz CT molecular complexity index is 1370. The highest BCUT2D eigenvalue weighted by Crippen LogP contribution is 2.30. The van der Waals surface area contributed by atoms with Crippen LogP contribution >= 0.6 is 27.5 Å². The highest BCUT2D eigenvalue weighted by atomic mass is 79.9. The van der Waals surface area contributed by atoms with Crippen LogP contribution in [0.4, 0.5) is 5.69 Å². The standard InChI is InChI=1S/C23H16BrClN2O5S/c1-31-19-6-8-20(9-7-19)33(29,30)32-22-10-5-15(12-21(22)24)11-16(14-26)23(28)27-18-4-2-3-17(25)13-18/h2-13H,1H3,(H,27,28)/b16-11+. The Hall–Kier alpha value is -3.32. The number of hydrogen-bond donors (Lipinski definition) is 1. The summed E-state index contributed by atoms with van der Waals surface area (Å²) < 4.78 is 35.7. The summed E-state index contributed by atoms with van der Waals surface area (Å²) in [4.78, 5) is 12.4. The number of nitriles is 1. The lowest BCUT2D eigenvalue weighted by Crippen LogP contribution is -2.13. The third-order valence-electron chi connectivity index (χ3n) is 4.26. The van der Waals surface area contributed by atoms with Crippen LogP contribution in [0.5, 0.6) is 11.5 Å². The van der Waals surface area contributed by atoms with Crippen molar-refractivity contribution >= 4 is 55.3 Å². The molecule has 0 bridgehead atoms. The van der Waals surface area contributed by atoms with E-state index < -0.39 is 16.0 Å². The minimum Gasteiger partial charge on any atom is -0.497 e. The van der Waals surface area contributed by atoms with Crippen LogP contribution in [0.2, 0.25) is 5.02 Å². The largest absolute Gasteiger partial charge is 0.497 e. The molecule has 0 aliphatic heterocycles. The summed E-state index contributed by atoms with van der Waals surface area (Å²) >= 11 is 9.17. The molecule has 0 aromatic heterocycles. The summed E-state index contributed by atoms with van der Waals surface area (Å²) in [6, 6.07) is 18.6. The highest BCUT2D eigenvalue weighted by molar-refractivity contribution is 9.10. The van der Waals surface area contributed by atoms with Gasteiger partial charge in [-0.1, -0.05) is 23.7 Å². The number of methoxy groups -OCH3 is 1. The van der Waals surface area contributed by atoms with Gasteiger partial charge >= 0.3 is 10.1 Å². The van der Waals surface area contributed by atoms with E-state index in [1.165, 1.54) is 55.7 Å². The van der Waals surface area contributed by atoms with E-state index >= 15 is 0 Å². The van der Waals surface area contributed by atoms with Crippen LogP contribution in [0.3, 0.4) is 0 Å². The maximum Gasteiger partial charge on any atom is 0.339 e. The molecule has 168 valence electrons. The normalized spacial score (nSPS) is 11.4. The molecule has 3 rings (SSSR count). The number of carbonyl (C=O) groups is 1. The van der Waals surface area contributed by atoms with Gasteiger partial charge in [0.05, 0.1) is 11.6 Å². The number of hydrogen-bond acceptors (Lipinski definition) is 6. The number of amides is 1. The number of benzene rings is 3. The molecule has 3 aromatic rings. The highest BCUT2D eigenvalue weighted by Gasteiger charge is 2.19. The fourth-order valence-corrected chi connectivity index (χ4v) is 4.39. The summed E-state index contributed by atoms with van der Waals surface area (Å²) in [5.41, 5.74) is 0.776. The zero-order valence-electron chi connectivity index (χ0n) is 17.1. The van der Waals surface area contributed by atoms with Gasteiger partial charge in [0.15, 0.2) is 5.75 Å². The molecule has 3 aromatic carbocycles. The van der Waals surface area contributed by atoms with Crippen LogP contribution in [0.15, 0.2) is 81.7 Å². The average molecular weight is 548 g/mol. The van der Waals surface area contributed by atoms with Crippen molar-refractivity contribution in [3.63, 3.8) is 0 Å². The lowest BCUT2D eigenvalue weighted by Gasteiger charge is -2.10. The summed E-state index contributed by atoms with van der Waals surface area (Å²) in [5, 5.41) is 12.4. The molecular weight excluding hydrogens is 532 g/mol. The zero-order chi connectivity index (χ0) is 24.0. The quantitative estimate of drug-likeness (QED) is 0.240. The summed E-state index contributed by atoms with van der Waals surface area (Å²) in [6.45, 7) is 0. The van der Waals surface area contributed by atoms with E-state index in [9.17, 15) is 18.5 Å². The maximum absolute atomic E-state index is 12.5. The van der Waals surface area contributed by atoms with Gasteiger partial charge in [0.25, 0.3) is 5.91 Å². The lowest BCUT2D eigenvalue weighted by molar-refractivity contribution is -0.112. The van der Waals surface area contributed by atoms with E-state index in [1.807, 2.05) is 6.07 Å². The Balaban J connectivity index is 1.79. The van der Waals surface area contributed by atoms with Crippen molar-refractivity contribution in [2.24, 2.45) is 0 Å². The van der Waals surface area contributed by atoms with Crippen molar-refractivity contribution in [3.05, 3.63) is 87.4 Å². The molecule has 0 saturated carbocycles. The second-order valence-electron chi connectivity index (χ2n) is 6.54. The Kier molecular flexibility index (Phi) is 7.76. The average Bonchev–Trinajstić information content (AvgIpc) is 2.79. The molecule has 0 radical (unpaired) electrons. The van der Waals surface area contributed by atoms with Crippen molar-refractivity contribution in [2.75, 3.05) is 12.4 Å². The number of nitrogens with one attached hydrogen (secondary N) is 1. The van der Waals surface area contributed by atoms with Gasteiger partial charge in [-0.3, -0.25) is 4.79 Å². The summed E-state index contributed by atoms with van der Waals surface area (Å²) in [5.74, 6) is -0.0536. The van der Waals surface area contributed by atoms with Crippen molar-refractivity contribution in [3.8, 4) is 17.6 Å². The van der Waals surface area contributed by atoms with Crippen molar-refractivity contribution in [1.29, 1.82) is 5.26 Å². The number of carbonyl (C=O) groups excluding carboxylic acids is 1. The fourth-order valence-electron chi connectivity index (χ4n) is 2.66. The first kappa shape index (κ1) is 24.3. The SMILES string of the molecule is COc1ccc(S(=O)(=O)Oc2ccc(/C=C(\C#N)C(=O)Nc3cccc(Cl)c3)cc2Br)cc1. The molecule has 0 saturated heterocycles. The molecule has 0 aliphatic rings. The monoisotopic (exact) mass is 546 g/mol. The zero-order valence-corrected chi connectivity index (χ0v) is 20.2. The minimum atomic E-state index is -4.08. The second kappa shape index (κ2) is 10.5. The van der Waals surface area contributed by atoms with Crippen LogP contribution in [0, 0.1) is 11.3 Å². The topological polar surface area (TPSA) is 105 Å². The van der Waals surface area contributed by atoms with E-state index in [0.29, 0.717) is 26.5 Å². The molecule has 1 amide bonds.